The molecular weight excluding hydrogens is 324 g/mol. The van der Waals surface area contributed by atoms with Gasteiger partial charge in [0, 0.05) is 6.04 Å². The molecule has 4 heteroatoms. The number of hydrogen-bond donors (Lipinski definition) is 1. The van der Waals surface area contributed by atoms with E-state index in [-0.39, 0.29) is 29.7 Å². The smallest absolute Gasteiger partial charge is 0.233 e. The summed E-state index contributed by atoms with van der Waals surface area (Å²) in [6, 6.07) is 10.5. The van der Waals surface area contributed by atoms with Crippen LogP contribution in [-0.4, -0.2) is 35.8 Å². The van der Waals surface area contributed by atoms with Crippen LogP contribution in [0.25, 0.3) is 0 Å². The summed E-state index contributed by atoms with van der Waals surface area (Å²) in [6.07, 6.45) is 7.95. The summed E-state index contributed by atoms with van der Waals surface area (Å²) in [5.41, 5.74) is 1.29. The van der Waals surface area contributed by atoms with Crippen molar-refractivity contribution in [2.45, 2.75) is 57.4 Å². The predicted molar refractivity (Wildman–Crippen MR) is 101 cm³/mol. The van der Waals surface area contributed by atoms with Gasteiger partial charge in [-0.05, 0) is 63.1 Å². The maximum atomic E-state index is 13.1. The molecule has 2 aliphatic heterocycles. The van der Waals surface area contributed by atoms with Gasteiger partial charge in [-0.2, -0.15) is 0 Å². The molecule has 0 radical (unpaired) electrons. The molecule has 3 fully saturated rings. The van der Waals surface area contributed by atoms with Crippen LogP contribution in [-0.2, 0) is 16.0 Å². The van der Waals surface area contributed by atoms with Crippen molar-refractivity contribution in [3.8, 4) is 0 Å². The van der Waals surface area contributed by atoms with Gasteiger partial charge in [0.25, 0.3) is 0 Å². The molecule has 3 aliphatic rings. The van der Waals surface area contributed by atoms with Crippen molar-refractivity contribution in [1.29, 1.82) is 0 Å². The Hall–Kier alpha value is -1.68. The van der Waals surface area contributed by atoms with Gasteiger partial charge < -0.3 is 5.32 Å². The first-order valence-corrected chi connectivity index (χ1v) is 10.4. The molecule has 1 aliphatic carbocycles. The third kappa shape index (κ3) is 3.44. The molecule has 1 saturated carbocycles. The molecule has 1 N–H and O–H groups in total. The lowest BCUT2D eigenvalue weighted by Gasteiger charge is -2.36. The summed E-state index contributed by atoms with van der Waals surface area (Å²) in [5.74, 6) is 0.648. The molecule has 1 aromatic rings. The van der Waals surface area contributed by atoms with Gasteiger partial charge in [-0.3, -0.25) is 14.5 Å². The number of carbonyl (C=O) groups excluding carboxylic acids is 2. The number of nitrogens with one attached hydrogen (secondary N) is 1. The van der Waals surface area contributed by atoms with Crippen molar-refractivity contribution in [3.63, 3.8) is 0 Å². The zero-order chi connectivity index (χ0) is 17.9. The number of benzene rings is 1. The first kappa shape index (κ1) is 17.7. The van der Waals surface area contributed by atoms with E-state index < -0.39 is 0 Å². The van der Waals surface area contributed by atoms with E-state index in [9.17, 15) is 9.59 Å². The van der Waals surface area contributed by atoms with Gasteiger partial charge in [0.2, 0.25) is 11.8 Å². The van der Waals surface area contributed by atoms with Crippen LogP contribution in [0.1, 0.15) is 50.5 Å². The number of likely N-dealkylation sites (tertiary alicyclic amines) is 1. The van der Waals surface area contributed by atoms with Crippen molar-refractivity contribution < 1.29 is 9.59 Å². The second-order valence-corrected chi connectivity index (χ2v) is 8.22. The maximum absolute atomic E-state index is 13.1. The summed E-state index contributed by atoms with van der Waals surface area (Å²) in [7, 11) is 0. The zero-order valence-corrected chi connectivity index (χ0v) is 15.5. The van der Waals surface area contributed by atoms with E-state index in [0.29, 0.717) is 5.92 Å². The number of amides is 2. The molecule has 4 nitrogen and oxygen atoms in total. The van der Waals surface area contributed by atoms with Gasteiger partial charge >= 0.3 is 0 Å². The average molecular weight is 354 g/mol. The van der Waals surface area contributed by atoms with Gasteiger partial charge in [0.1, 0.15) is 0 Å². The van der Waals surface area contributed by atoms with Gasteiger partial charge in [-0.1, -0.05) is 43.2 Å². The molecule has 140 valence electrons. The number of piperidine rings is 1. The Kier molecular flexibility index (Phi) is 5.39. The highest BCUT2D eigenvalue weighted by Crippen LogP contribution is 2.41. The molecule has 4 rings (SSSR count). The topological polar surface area (TPSA) is 49.4 Å². The van der Waals surface area contributed by atoms with Crippen LogP contribution in [0.3, 0.4) is 0 Å². The number of imide groups is 1. The minimum absolute atomic E-state index is 0.0304. The lowest BCUT2D eigenvalue weighted by atomic mass is 9.81. The van der Waals surface area contributed by atoms with Crippen LogP contribution in [0.2, 0.25) is 0 Å². The molecular formula is C22H30N2O2. The Balaban J connectivity index is 1.55. The maximum Gasteiger partial charge on any atom is 0.233 e. The van der Waals surface area contributed by atoms with Crippen molar-refractivity contribution in [2.75, 3.05) is 13.1 Å². The first-order valence-electron chi connectivity index (χ1n) is 10.4. The molecule has 0 aromatic heterocycles. The number of nitrogens with zero attached hydrogens (tertiary/aromatic N) is 1. The molecule has 1 aromatic carbocycles. The van der Waals surface area contributed by atoms with E-state index in [1.54, 1.807) is 4.90 Å². The Morgan fingerprint density at radius 3 is 2.15 bits per heavy atom. The molecule has 26 heavy (non-hydrogen) atoms. The van der Waals surface area contributed by atoms with Crippen LogP contribution in [0.15, 0.2) is 30.3 Å². The van der Waals surface area contributed by atoms with Crippen molar-refractivity contribution in [1.82, 2.24) is 10.2 Å². The highest BCUT2D eigenvalue weighted by atomic mass is 16.2. The summed E-state index contributed by atoms with van der Waals surface area (Å²) >= 11 is 0. The van der Waals surface area contributed by atoms with E-state index in [1.165, 1.54) is 5.56 Å². The Bertz CT molecular complexity index is 615. The monoisotopic (exact) mass is 354 g/mol. The summed E-state index contributed by atoms with van der Waals surface area (Å²) in [5, 5.41) is 3.42. The molecule has 2 saturated heterocycles. The molecule has 3 unspecified atom stereocenters. The largest absolute Gasteiger partial charge is 0.317 e. The number of aryl methyl sites for hydroxylation is 1. The fourth-order valence-corrected chi connectivity index (χ4v) is 5.28. The number of rotatable bonds is 5. The van der Waals surface area contributed by atoms with Crippen LogP contribution in [0, 0.1) is 17.8 Å². The Morgan fingerprint density at radius 1 is 0.923 bits per heavy atom. The van der Waals surface area contributed by atoms with Crippen LogP contribution in [0.5, 0.6) is 0 Å². The van der Waals surface area contributed by atoms with Crippen molar-refractivity contribution in [3.05, 3.63) is 35.9 Å². The van der Waals surface area contributed by atoms with E-state index in [0.717, 1.165) is 64.5 Å². The normalized spacial score (nSPS) is 28.2. The number of carbonyl (C=O) groups is 2. The minimum Gasteiger partial charge on any atom is -0.317 e. The zero-order valence-electron chi connectivity index (χ0n) is 15.5. The summed E-state index contributed by atoms with van der Waals surface area (Å²) < 4.78 is 0. The molecule has 0 spiro atoms. The number of hydrogen-bond acceptors (Lipinski definition) is 3. The van der Waals surface area contributed by atoms with Crippen LogP contribution in [0.4, 0.5) is 0 Å². The average Bonchev–Trinajstić information content (AvgIpc) is 2.95. The molecule has 2 amide bonds. The highest BCUT2D eigenvalue weighted by molar-refractivity contribution is 6.05. The van der Waals surface area contributed by atoms with Crippen LogP contribution < -0.4 is 5.32 Å². The van der Waals surface area contributed by atoms with Gasteiger partial charge in [0.15, 0.2) is 0 Å². The van der Waals surface area contributed by atoms with E-state index in [1.807, 2.05) is 6.07 Å². The third-order valence-corrected chi connectivity index (χ3v) is 6.71. The lowest BCUT2D eigenvalue weighted by Crippen LogP contribution is -2.48. The van der Waals surface area contributed by atoms with Crippen LogP contribution >= 0.6 is 0 Å². The standard InChI is InChI=1S/C22H30N2O2/c25-21-18-8-4-5-9-19(18)22(26)24(21)20(17-12-14-23-15-13-17)11-10-16-6-2-1-3-7-16/h1-3,6-7,17-20,23H,4-5,8-15H2. The van der Waals surface area contributed by atoms with Gasteiger partial charge in [0.05, 0.1) is 11.8 Å². The quantitative estimate of drug-likeness (QED) is 0.827. The second-order valence-electron chi connectivity index (χ2n) is 8.22. The van der Waals surface area contributed by atoms with E-state index >= 15 is 0 Å². The van der Waals surface area contributed by atoms with E-state index in [4.69, 9.17) is 0 Å². The van der Waals surface area contributed by atoms with Gasteiger partial charge in [-0.15, -0.1) is 0 Å². The van der Waals surface area contributed by atoms with Crippen molar-refractivity contribution in [2.24, 2.45) is 17.8 Å². The van der Waals surface area contributed by atoms with E-state index in [2.05, 4.69) is 29.6 Å². The van der Waals surface area contributed by atoms with Gasteiger partial charge in [-0.25, -0.2) is 0 Å². The molecule has 2 heterocycles. The predicted octanol–water partition coefficient (Wildman–Crippen LogP) is 3.16. The molecule has 0 bridgehead atoms. The summed E-state index contributed by atoms with van der Waals surface area (Å²) in [4.78, 5) is 28.0. The lowest BCUT2D eigenvalue weighted by molar-refractivity contribution is -0.144. The third-order valence-electron chi connectivity index (χ3n) is 6.71. The fourth-order valence-electron chi connectivity index (χ4n) is 5.28. The highest BCUT2D eigenvalue weighted by Gasteiger charge is 2.51. The SMILES string of the molecule is O=C1C2CCCCC2C(=O)N1C(CCc1ccccc1)C1CCNCC1. The number of fused-ring (bicyclic) bond motifs is 1. The Morgan fingerprint density at radius 2 is 1.54 bits per heavy atom. The molecule has 3 atom stereocenters. The summed E-state index contributed by atoms with van der Waals surface area (Å²) in [6.45, 7) is 1.99. The fraction of sp³-hybridized carbons (Fsp3) is 0.636. The minimum atomic E-state index is -0.0304. The van der Waals surface area contributed by atoms with Crippen molar-refractivity contribution >= 4 is 11.8 Å². The first-order chi connectivity index (χ1) is 12.8. The Labute approximate surface area is 156 Å². The second kappa shape index (κ2) is 7.91.